The van der Waals surface area contributed by atoms with Crippen molar-refractivity contribution in [3.05, 3.63) is 23.8 Å². The fourth-order valence-electron chi connectivity index (χ4n) is 5.36. The van der Waals surface area contributed by atoms with E-state index >= 15 is 0 Å². The Morgan fingerprint density at radius 1 is 0.957 bits per heavy atom. The van der Waals surface area contributed by atoms with Crippen LogP contribution >= 0.6 is 0 Å². The van der Waals surface area contributed by atoms with Gasteiger partial charge in [0.1, 0.15) is 11.5 Å². The largest absolute Gasteiger partial charge is 0.497 e. The number of hydrogen-bond donors (Lipinski definition) is 0. The van der Waals surface area contributed by atoms with Gasteiger partial charge in [0, 0.05) is 12.1 Å². The van der Waals surface area contributed by atoms with Gasteiger partial charge in [-0.05, 0) is 74.6 Å². The summed E-state index contributed by atoms with van der Waals surface area (Å²) in [7, 11) is 3.48. The topological polar surface area (TPSA) is 21.7 Å². The van der Waals surface area contributed by atoms with Crippen molar-refractivity contribution in [1.82, 2.24) is 4.90 Å². The number of hydrogen-bond acceptors (Lipinski definition) is 3. The minimum Gasteiger partial charge on any atom is -0.497 e. The monoisotopic (exact) mass is 315 g/mol. The molecule has 2 unspecified atom stereocenters. The van der Waals surface area contributed by atoms with Gasteiger partial charge in [-0.3, -0.25) is 0 Å². The van der Waals surface area contributed by atoms with Crippen molar-refractivity contribution >= 4 is 0 Å². The van der Waals surface area contributed by atoms with Crippen molar-refractivity contribution in [2.45, 2.75) is 50.5 Å². The summed E-state index contributed by atoms with van der Waals surface area (Å²) in [6, 6.07) is 7.19. The summed E-state index contributed by atoms with van der Waals surface area (Å²) in [5.41, 5.74) is 1.36. The van der Waals surface area contributed by atoms with Gasteiger partial charge < -0.3 is 14.4 Å². The molecule has 1 aromatic rings. The first kappa shape index (κ1) is 15.3. The van der Waals surface area contributed by atoms with Crippen LogP contribution in [0.4, 0.5) is 0 Å². The molecule has 3 fully saturated rings. The summed E-state index contributed by atoms with van der Waals surface area (Å²) >= 11 is 0. The first-order valence-corrected chi connectivity index (χ1v) is 9.24. The van der Waals surface area contributed by atoms with E-state index in [2.05, 4.69) is 17.0 Å². The predicted octanol–water partition coefficient (Wildman–Crippen LogP) is 4.07. The third kappa shape index (κ3) is 2.84. The molecule has 3 heteroatoms. The van der Waals surface area contributed by atoms with Crippen LogP contribution in [0.2, 0.25) is 0 Å². The first-order valence-electron chi connectivity index (χ1n) is 9.24. The third-order valence-electron chi connectivity index (χ3n) is 6.58. The van der Waals surface area contributed by atoms with Gasteiger partial charge in [-0.15, -0.1) is 0 Å². The van der Waals surface area contributed by atoms with E-state index in [1.807, 2.05) is 6.07 Å². The van der Waals surface area contributed by atoms with Gasteiger partial charge in [0.05, 0.1) is 14.2 Å². The lowest BCUT2D eigenvalue weighted by molar-refractivity contribution is 0.110. The molecule has 126 valence electrons. The molecule has 3 aliphatic rings. The van der Waals surface area contributed by atoms with Gasteiger partial charge in [0.2, 0.25) is 0 Å². The number of fused-ring (bicyclic) bond motifs is 2. The zero-order chi connectivity index (χ0) is 15.8. The van der Waals surface area contributed by atoms with Gasteiger partial charge in [0.25, 0.3) is 0 Å². The van der Waals surface area contributed by atoms with E-state index in [9.17, 15) is 0 Å². The molecule has 2 bridgehead atoms. The van der Waals surface area contributed by atoms with Crippen LogP contribution in [-0.2, 0) is 0 Å². The van der Waals surface area contributed by atoms with Crippen LogP contribution in [0.5, 0.6) is 11.5 Å². The van der Waals surface area contributed by atoms with E-state index in [1.54, 1.807) is 14.2 Å². The second-order valence-corrected chi connectivity index (χ2v) is 7.66. The molecule has 1 aliphatic heterocycles. The molecule has 2 saturated carbocycles. The molecule has 0 radical (unpaired) electrons. The van der Waals surface area contributed by atoms with Crippen LogP contribution in [-0.4, -0.2) is 38.3 Å². The van der Waals surface area contributed by atoms with Crippen LogP contribution in [0, 0.1) is 11.8 Å². The van der Waals surface area contributed by atoms with Crippen molar-refractivity contribution in [3.63, 3.8) is 0 Å². The molecule has 3 atom stereocenters. The van der Waals surface area contributed by atoms with E-state index in [-0.39, 0.29) is 0 Å². The van der Waals surface area contributed by atoms with Gasteiger partial charge in [-0.25, -0.2) is 0 Å². The standard InChI is InChI=1S/C20H29NO2/c1-22-17-5-6-18(20(13-17)23-2)15-7-9-21(10-8-15)19-12-14-3-4-16(19)11-14/h5-6,13-16,19H,3-4,7-12H2,1-2H3/t14-,16?,19?/m0/s1. The fourth-order valence-corrected chi connectivity index (χ4v) is 5.36. The Labute approximate surface area is 140 Å². The lowest BCUT2D eigenvalue weighted by atomic mass is 9.86. The number of likely N-dealkylation sites (tertiary alicyclic amines) is 1. The zero-order valence-corrected chi connectivity index (χ0v) is 14.5. The van der Waals surface area contributed by atoms with Gasteiger partial charge in [-0.2, -0.15) is 0 Å². The second kappa shape index (κ2) is 6.35. The fraction of sp³-hybridized carbons (Fsp3) is 0.700. The lowest BCUT2D eigenvalue weighted by Crippen LogP contribution is -2.43. The SMILES string of the molecule is COc1ccc(C2CCN(C3C[C@H]4CCC3C4)CC2)c(OC)c1. The van der Waals surface area contributed by atoms with Crippen molar-refractivity contribution in [2.24, 2.45) is 11.8 Å². The van der Waals surface area contributed by atoms with E-state index < -0.39 is 0 Å². The number of ether oxygens (including phenoxy) is 2. The molecule has 4 rings (SSSR count). The van der Waals surface area contributed by atoms with Crippen LogP contribution in [0.25, 0.3) is 0 Å². The minimum absolute atomic E-state index is 0.630. The number of benzene rings is 1. The molecule has 0 amide bonds. The Morgan fingerprint density at radius 2 is 1.78 bits per heavy atom. The normalized spacial score (nSPS) is 31.5. The predicted molar refractivity (Wildman–Crippen MR) is 92.3 cm³/mol. The van der Waals surface area contributed by atoms with Crippen LogP contribution in [0.1, 0.15) is 50.0 Å². The van der Waals surface area contributed by atoms with Crippen molar-refractivity contribution in [2.75, 3.05) is 27.3 Å². The molecule has 0 spiro atoms. The summed E-state index contributed by atoms with van der Waals surface area (Å²) in [4.78, 5) is 2.80. The zero-order valence-electron chi connectivity index (χ0n) is 14.5. The van der Waals surface area contributed by atoms with Gasteiger partial charge >= 0.3 is 0 Å². The van der Waals surface area contributed by atoms with Crippen molar-refractivity contribution < 1.29 is 9.47 Å². The minimum atomic E-state index is 0.630. The van der Waals surface area contributed by atoms with Gasteiger partial charge in [-0.1, -0.05) is 12.5 Å². The summed E-state index contributed by atoms with van der Waals surface area (Å²) in [5.74, 6) is 4.55. The lowest BCUT2D eigenvalue weighted by Gasteiger charge is -2.40. The number of methoxy groups -OCH3 is 2. The Morgan fingerprint density at radius 3 is 2.39 bits per heavy atom. The van der Waals surface area contributed by atoms with Crippen LogP contribution < -0.4 is 9.47 Å². The second-order valence-electron chi connectivity index (χ2n) is 7.66. The summed E-state index contributed by atoms with van der Waals surface area (Å²) < 4.78 is 10.9. The molecule has 1 aromatic carbocycles. The van der Waals surface area contributed by atoms with E-state index in [0.29, 0.717) is 5.92 Å². The third-order valence-corrected chi connectivity index (χ3v) is 6.58. The quantitative estimate of drug-likeness (QED) is 0.836. The Bertz CT molecular complexity index is 551. The molecule has 2 aliphatic carbocycles. The Balaban J connectivity index is 1.41. The molecule has 0 N–H and O–H groups in total. The molecule has 1 saturated heterocycles. The highest BCUT2D eigenvalue weighted by molar-refractivity contribution is 5.43. The van der Waals surface area contributed by atoms with Crippen molar-refractivity contribution in [3.8, 4) is 11.5 Å². The van der Waals surface area contributed by atoms with E-state index in [1.165, 1.54) is 57.2 Å². The number of nitrogens with zero attached hydrogens (tertiary/aromatic N) is 1. The Hall–Kier alpha value is -1.22. The smallest absolute Gasteiger partial charge is 0.126 e. The highest BCUT2D eigenvalue weighted by atomic mass is 16.5. The maximum absolute atomic E-state index is 5.61. The molecular formula is C20H29NO2. The molecular weight excluding hydrogens is 286 g/mol. The number of piperidine rings is 1. The van der Waals surface area contributed by atoms with Crippen LogP contribution in [0.3, 0.4) is 0 Å². The molecule has 23 heavy (non-hydrogen) atoms. The maximum atomic E-state index is 5.61. The van der Waals surface area contributed by atoms with Gasteiger partial charge in [0.15, 0.2) is 0 Å². The maximum Gasteiger partial charge on any atom is 0.126 e. The first-order chi connectivity index (χ1) is 11.3. The van der Waals surface area contributed by atoms with E-state index in [4.69, 9.17) is 9.47 Å². The molecule has 3 nitrogen and oxygen atoms in total. The summed E-state index contributed by atoms with van der Waals surface area (Å²) in [6.07, 6.45) is 8.49. The van der Waals surface area contributed by atoms with E-state index in [0.717, 1.165) is 29.4 Å². The number of rotatable bonds is 4. The average molecular weight is 315 g/mol. The molecule has 0 aromatic heterocycles. The average Bonchev–Trinajstić information content (AvgIpc) is 3.24. The highest BCUT2D eigenvalue weighted by Gasteiger charge is 2.43. The van der Waals surface area contributed by atoms with Crippen LogP contribution in [0.15, 0.2) is 18.2 Å². The summed E-state index contributed by atoms with van der Waals surface area (Å²) in [5, 5.41) is 0. The highest BCUT2D eigenvalue weighted by Crippen LogP contribution is 2.48. The summed E-state index contributed by atoms with van der Waals surface area (Å²) in [6.45, 7) is 2.52. The molecule has 1 heterocycles. The Kier molecular flexibility index (Phi) is 4.23. The van der Waals surface area contributed by atoms with Crippen molar-refractivity contribution in [1.29, 1.82) is 0 Å².